The molecule has 0 atom stereocenters. The summed E-state index contributed by atoms with van der Waals surface area (Å²) >= 11 is 12.2. The number of aldehydes is 1. The van der Waals surface area contributed by atoms with Gasteiger partial charge in [0.25, 0.3) is 0 Å². The number of fused-ring (bicyclic) bond motifs is 1. The number of carbonyl (C=O) groups excluding carboxylic acids is 1. The molecule has 0 unspecified atom stereocenters. The van der Waals surface area contributed by atoms with Crippen LogP contribution in [0.2, 0.25) is 10.0 Å². The van der Waals surface area contributed by atoms with E-state index in [-0.39, 0.29) is 0 Å². The third kappa shape index (κ3) is 2.30. The quantitative estimate of drug-likeness (QED) is 0.680. The molecule has 20 heavy (non-hydrogen) atoms. The van der Waals surface area contributed by atoms with Crippen molar-refractivity contribution < 1.29 is 4.79 Å². The van der Waals surface area contributed by atoms with Gasteiger partial charge in [-0.3, -0.25) is 9.78 Å². The van der Waals surface area contributed by atoms with Gasteiger partial charge in [-0.25, -0.2) is 0 Å². The topological polar surface area (TPSA) is 34.9 Å². The molecule has 0 amide bonds. The number of hydrogen-bond donors (Lipinski definition) is 0. The largest absolute Gasteiger partial charge is 0.342 e. The molecule has 0 aliphatic rings. The summed E-state index contributed by atoms with van der Waals surface area (Å²) in [5.74, 6) is 0. The molecule has 0 N–H and O–H groups in total. The summed E-state index contributed by atoms with van der Waals surface area (Å²) in [6, 6.07) is 7.34. The Morgan fingerprint density at radius 2 is 2.10 bits per heavy atom. The molecule has 0 saturated heterocycles. The van der Waals surface area contributed by atoms with Gasteiger partial charge in [0.1, 0.15) is 0 Å². The highest BCUT2D eigenvalue weighted by Crippen LogP contribution is 2.25. The fraction of sp³-hybridized carbons (Fsp3) is 0.0667. The average Bonchev–Trinajstić information content (AvgIpc) is 2.79. The lowest BCUT2D eigenvalue weighted by molar-refractivity contribution is 0.112. The van der Waals surface area contributed by atoms with Gasteiger partial charge in [-0.05, 0) is 23.8 Å². The molecular formula is C15H10Cl2N2O. The van der Waals surface area contributed by atoms with Crippen LogP contribution in [-0.2, 0) is 6.54 Å². The molecule has 3 rings (SSSR count). The zero-order chi connectivity index (χ0) is 14.1. The zero-order valence-electron chi connectivity index (χ0n) is 10.4. The van der Waals surface area contributed by atoms with Gasteiger partial charge in [-0.15, -0.1) is 0 Å². The Balaban J connectivity index is 2.14. The molecule has 5 heteroatoms. The van der Waals surface area contributed by atoms with Gasteiger partial charge < -0.3 is 4.57 Å². The van der Waals surface area contributed by atoms with E-state index in [0.717, 1.165) is 22.8 Å². The van der Waals surface area contributed by atoms with Gasteiger partial charge >= 0.3 is 0 Å². The first-order chi connectivity index (χ1) is 9.69. The minimum atomic E-state index is 0.562. The average molecular weight is 305 g/mol. The van der Waals surface area contributed by atoms with Crippen molar-refractivity contribution in [2.24, 2.45) is 0 Å². The van der Waals surface area contributed by atoms with Gasteiger partial charge in [-0.2, -0.15) is 0 Å². The summed E-state index contributed by atoms with van der Waals surface area (Å²) in [7, 11) is 0. The minimum absolute atomic E-state index is 0.562. The lowest BCUT2D eigenvalue weighted by Gasteiger charge is -2.07. The van der Waals surface area contributed by atoms with Crippen molar-refractivity contribution >= 4 is 40.4 Å². The number of rotatable bonds is 3. The predicted molar refractivity (Wildman–Crippen MR) is 80.7 cm³/mol. The number of hydrogen-bond acceptors (Lipinski definition) is 2. The van der Waals surface area contributed by atoms with E-state index in [1.54, 1.807) is 18.5 Å². The number of halogens is 2. The van der Waals surface area contributed by atoms with Crippen LogP contribution in [0.15, 0.2) is 42.9 Å². The summed E-state index contributed by atoms with van der Waals surface area (Å²) in [6.45, 7) is 0.562. The van der Waals surface area contributed by atoms with Gasteiger partial charge in [0.15, 0.2) is 6.29 Å². The maximum absolute atomic E-state index is 11.2. The van der Waals surface area contributed by atoms with E-state index in [4.69, 9.17) is 23.2 Å². The molecule has 0 bridgehead atoms. The number of carbonyl (C=O) groups is 1. The molecule has 0 spiro atoms. The Labute approximate surface area is 125 Å². The van der Waals surface area contributed by atoms with Crippen molar-refractivity contribution in [3.05, 3.63) is 64.0 Å². The fourth-order valence-corrected chi connectivity index (χ4v) is 2.58. The SMILES string of the molecule is O=Cc1cn(Cc2ccncc2Cl)c2cc(Cl)ccc12. The predicted octanol–water partition coefficient (Wildman–Crippen LogP) is 4.20. The first-order valence-corrected chi connectivity index (χ1v) is 6.76. The third-order valence-electron chi connectivity index (χ3n) is 3.20. The maximum atomic E-state index is 11.2. The molecule has 2 aromatic heterocycles. The second kappa shape index (κ2) is 5.27. The van der Waals surface area contributed by atoms with E-state index >= 15 is 0 Å². The Morgan fingerprint density at radius 3 is 2.85 bits per heavy atom. The molecule has 2 heterocycles. The number of aromatic nitrogens is 2. The van der Waals surface area contributed by atoms with Crippen LogP contribution in [-0.4, -0.2) is 15.8 Å². The van der Waals surface area contributed by atoms with Crippen molar-refractivity contribution in [2.75, 3.05) is 0 Å². The van der Waals surface area contributed by atoms with Crippen LogP contribution in [0.1, 0.15) is 15.9 Å². The first kappa shape index (κ1) is 13.2. The van der Waals surface area contributed by atoms with E-state index in [0.29, 0.717) is 22.2 Å². The van der Waals surface area contributed by atoms with Crippen molar-refractivity contribution in [3.8, 4) is 0 Å². The highest BCUT2D eigenvalue weighted by Gasteiger charge is 2.10. The van der Waals surface area contributed by atoms with Crippen molar-refractivity contribution in [3.63, 3.8) is 0 Å². The monoisotopic (exact) mass is 304 g/mol. The van der Waals surface area contributed by atoms with E-state index in [1.165, 1.54) is 0 Å². The molecule has 3 nitrogen and oxygen atoms in total. The molecule has 0 saturated carbocycles. The summed E-state index contributed by atoms with van der Waals surface area (Å²) in [6.07, 6.45) is 5.96. The minimum Gasteiger partial charge on any atom is -0.342 e. The Kier molecular flexibility index (Phi) is 3.47. The molecule has 0 aliphatic heterocycles. The third-order valence-corrected chi connectivity index (χ3v) is 3.77. The van der Waals surface area contributed by atoms with Crippen LogP contribution < -0.4 is 0 Å². The maximum Gasteiger partial charge on any atom is 0.152 e. The molecule has 100 valence electrons. The smallest absolute Gasteiger partial charge is 0.152 e. The van der Waals surface area contributed by atoms with Crippen LogP contribution in [0.3, 0.4) is 0 Å². The number of pyridine rings is 1. The van der Waals surface area contributed by atoms with Gasteiger partial charge in [0.2, 0.25) is 0 Å². The lowest BCUT2D eigenvalue weighted by Crippen LogP contribution is -1.99. The van der Waals surface area contributed by atoms with Crippen molar-refractivity contribution in [2.45, 2.75) is 6.54 Å². The van der Waals surface area contributed by atoms with E-state index < -0.39 is 0 Å². The van der Waals surface area contributed by atoms with Gasteiger partial charge in [0.05, 0.1) is 10.5 Å². The summed E-state index contributed by atoms with van der Waals surface area (Å²) in [5, 5.41) is 2.12. The van der Waals surface area contributed by atoms with Crippen LogP contribution in [0.25, 0.3) is 10.9 Å². The van der Waals surface area contributed by atoms with Gasteiger partial charge in [-0.1, -0.05) is 29.3 Å². The second-order valence-electron chi connectivity index (χ2n) is 4.46. The summed E-state index contributed by atoms with van der Waals surface area (Å²) in [4.78, 5) is 15.1. The summed E-state index contributed by atoms with van der Waals surface area (Å²) in [5.41, 5.74) is 2.49. The molecule has 0 fully saturated rings. The fourth-order valence-electron chi connectivity index (χ4n) is 2.23. The molecule has 3 aromatic rings. The second-order valence-corrected chi connectivity index (χ2v) is 5.30. The normalized spacial score (nSPS) is 10.9. The Hall–Kier alpha value is -1.84. The van der Waals surface area contributed by atoms with Gasteiger partial charge in [0, 0.05) is 41.1 Å². The summed E-state index contributed by atoms with van der Waals surface area (Å²) < 4.78 is 1.96. The molecule has 0 radical (unpaired) electrons. The van der Waals surface area contributed by atoms with Crippen molar-refractivity contribution in [1.29, 1.82) is 0 Å². The van der Waals surface area contributed by atoms with Crippen LogP contribution in [0, 0.1) is 0 Å². The van der Waals surface area contributed by atoms with E-state index in [2.05, 4.69) is 4.98 Å². The molecule has 0 aliphatic carbocycles. The highest BCUT2D eigenvalue weighted by atomic mass is 35.5. The van der Waals surface area contributed by atoms with E-state index in [9.17, 15) is 4.79 Å². The van der Waals surface area contributed by atoms with Crippen LogP contribution in [0.4, 0.5) is 0 Å². The number of nitrogens with zero attached hydrogens (tertiary/aromatic N) is 2. The lowest BCUT2D eigenvalue weighted by atomic mass is 10.2. The van der Waals surface area contributed by atoms with Crippen molar-refractivity contribution in [1.82, 2.24) is 9.55 Å². The van der Waals surface area contributed by atoms with Crippen LogP contribution in [0.5, 0.6) is 0 Å². The van der Waals surface area contributed by atoms with Crippen LogP contribution >= 0.6 is 23.2 Å². The zero-order valence-corrected chi connectivity index (χ0v) is 11.9. The van der Waals surface area contributed by atoms with E-state index in [1.807, 2.05) is 29.0 Å². The molecular weight excluding hydrogens is 295 g/mol. The molecule has 1 aromatic carbocycles. The first-order valence-electron chi connectivity index (χ1n) is 6.01. The standard InChI is InChI=1S/C15H10Cl2N2O/c16-12-1-2-13-11(9-20)8-19(15(13)5-12)7-10-3-4-18-6-14(10)17/h1-6,8-9H,7H2. The number of benzene rings is 1. The highest BCUT2D eigenvalue weighted by molar-refractivity contribution is 6.31. The Bertz CT molecular complexity index is 796. The Morgan fingerprint density at radius 1 is 1.25 bits per heavy atom.